The quantitative estimate of drug-likeness (QED) is 0.696. The Bertz CT molecular complexity index is 636. The van der Waals surface area contributed by atoms with E-state index in [0.717, 1.165) is 22.2 Å². The number of pyridine rings is 1. The van der Waals surface area contributed by atoms with Crippen LogP contribution in [0.3, 0.4) is 0 Å². The van der Waals surface area contributed by atoms with E-state index in [1.165, 1.54) is 6.07 Å². The maximum Gasteiger partial charge on any atom is 0.137 e. The van der Waals surface area contributed by atoms with Crippen LogP contribution >= 0.6 is 0 Å². The molecular weight excluding hydrogens is 303 g/mol. The normalized spacial score (nSPS) is 8.83. The molecule has 0 atom stereocenters. The van der Waals surface area contributed by atoms with Gasteiger partial charge in [-0.3, -0.25) is 0 Å². The zero-order valence-corrected chi connectivity index (χ0v) is 12.4. The molecule has 0 aliphatic rings. The summed E-state index contributed by atoms with van der Waals surface area (Å²) in [5.41, 5.74) is 3.03. The number of nitrogens with zero attached hydrogens (tertiary/aromatic N) is 4. The van der Waals surface area contributed by atoms with Crippen LogP contribution < -0.4 is 5.10 Å². The Balaban J connectivity index is 0.000000372. The predicted molar refractivity (Wildman–Crippen MR) is 63.6 cm³/mol. The zero-order valence-electron chi connectivity index (χ0n) is 9.54. The van der Waals surface area contributed by atoms with Gasteiger partial charge in [0.1, 0.15) is 5.65 Å². The minimum Gasteiger partial charge on any atom is -0.581 e. The fourth-order valence-electron chi connectivity index (χ4n) is 1.58. The van der Waals surface area contributed by atoms with E-state index in [1.54, 1.807) is 18.6 Å². The van der Waals surface area contributed by atoms with Gasteiger partial charge < -0.3 is 22.1 Å². The number of hydrogen-bond acceptors (Lipinski definition) is 3. The van der Waals surface area contributed by atoms with Crippen LogP contribution in [0.25, 0.3) is 22.2 Å². The largest absolute Gasteiger partial charge is 0.581 e. The third kappa shape index (κ3) is 2.98. The summed E-state index contributed by atoms with van der Waals surface area (Å²) in [5.74, 6) is 0. The maximum absolute atomic E-state index is 7.21. The first-order chi connectivity index (χ1) is 8.36. The van der Waals surface area contributed by atoms with Crippen LogP contribution in [0.2, 0.25) is 0 Å². The number of aromatic amines is 1. The van der Waals surface area contributed by atoms with Crippen molar-refractivity contribution in [1.29, 1.82) is 5.26 Å². The molecule has 18 heavy (non-hydrogen) atoms. The predicted octanol–water partition coefficient (Wildman–Crippen LogP) is 1.92. The standard InChI is InChI=1S/C10H7N4.C2H2N.Y/c1-3-11-10-9(2-4-12-10)8(1)7-5-13-14-6-7;1-2-3;/h1-6H,(H-,11,12,13,14);1H2;/q2*-1;. The Morgan fingerprint density at radius 2 is 2.17 bits per heavy atom. The molecule has 1 N–H and O–H groups in total. The number of H-pyrrole nitrogens is 1. The summed E-state index contributed by atoms with van der Waals surface area (Å²) in [7, 11) is 0. The van der Waals surface area contributed by atoms with Gasteiger partial charge in [0.2, 0.25) is 0 Å². The van der Waals surface area contributed by atoms with E-state index in [4.69, 9.17) is 5.26 Å². The van der Waals surface area contributed by atoms with E-state index in [0.29, 0.717) is 0 Å². The SMILES string of the molecule is [CH2-]C#N.[Y].c1cc(-c2cn[n-]c2)c2cc[nH]c2n1. The Hall–Kier alpha value is -1.64. The van der Waals surface area contributed by atoms with E-state index < -0.39 is 0 Å². The zero-order chi connectivity index (χ0) is 12.1. The van der Waals surface area contributed by atoms with Crippen molar-refractivity contribution in [1.82, 2.24) is 20.2 Å². The number of fused-ring (bicyclic) bond motifs is 1. The first-order valence-corrected chi connectivity index (χ1v) is 4.89. The summed E-state index contributed by atoms with van der Waals surface area (Å²) >= 11 is 0. The van der Waals surface area contributed by atoms with Crippen molar-refractivity contribution >= 4 is 11.0 Å². The van der Waals surface area contributed by atoms with E-state index in [2.05, 4.69) is 27.1 Å². The minimum atomic E-state index is 0. The number of hydrogen-bond donors (Lipinski definition) is 1. The molecule has 0 aliphatic heterocycles. The van der Waals surface area contributed by atoms with Gasteiger partial charge >= 0.3 is 0 Å². The van der Waals surface area contributed by atoms with Gasteiger partial charge in [0, 0.05) is 56.7 Å². The van der Waals surface area contributed by atoms with Gasteiger partial charge in [-0.05, 0) is 23.3 Å². The van der Waals surface area contributed by atoms with Crippen molar-refractivity contribution in [3.8, 4) is 17.2 Å². The summed E-state index contributed by atoms with van der Waals surface area (Å²) < 4.78 is 0. The molecule has 0 bridgehead atoms. The van der Waals surface area contributed by atoms with Crippen molar-refractivity contribution in [3.63, 3.8) is 0 Å². The second-order valence-corrected chi connectivity index (χ2v) is 3.20. The van der Waals surface area contributed by atoms with Crippen molar-refractivity contribution in [3.05, 3.63) is 43.8 Å². The van der Waals surface area contributed by atoms with Gasteiger partial charge in [0.15, 0.2) is 0 Å². The van der Waals surface area contributed by atoms with Crippen molar-refractivity contribution in [2.45, 2.75) is 0 Å². The van der Waals surface area contributed by atoms with E-state index in [9.17, 15) is 0 Å². The first-order valence-electron chi connectivity index (χ1n) is 4.89. The summed E-state index contributed by atoms with van der Waals surface area (Å²) in [6.45, 7) is 2.79. The molecular formula is C12H9N5Y-2. The summed E-state index contributed by atoms with van der Waals surface area (Å²) in [6, 6.07) is 5.47. The molecule has 0 aliphatic carbocycles. The molecule has 6 heteroatoms. The van der Waals surface area contributed by atoms with Crippen LogP contribution in [0.4, 0.5) is 0 Å². The second kappa shape index (κ2) is 6.95. The first kappa shape index (κ1) is 14.4. The van der Waals surface area contributed by atoms with Crippen LogP contribution in [0, 0.1) is 18.3 Å². The average Bonchev–Trinajstić information content (AvgIpc) is 3.01. The summed E-state index contributed by atoms with van der Waals surface area (Å²) in [5, 5.41) is 15.9. The number of nitriles is 1. The van der Waals surface area contributed by atoms with Crippen LogP contribution in [0.1, 0.15) is 0 Å². The molecule has 3 aromatic heterocycles. The third-order valence-electron chi connectivity index (χ3n) is 2.23. The average molecular weight is 312 g/mol. The molecule has 3 aromatic rings. The summed E-state index contributed by atoms with van der Waals surface area (Å²) in [4.78, 5) is 7.29. The molecule has 0 saturated heterocycles. The second-order valence-electron chi connectivity index (χ2n) is 3.20. The van der Waals surface area contributed by atoms with E-state index >= 15 is 0 Å². The number of aromatic nitrogens is 4. The van der Waals surface area contributed by atoms with Crippen molar-refractivity contribution < 1.29 is 32.7 Å². The van der Waals surface area contributed by atoms with Gasteiger partial charge in [-0.1, -0.05) is 0 Å². The molecule has 0 spiro atoms. The Morgan fingerprint density at radius 3 is 2.83 bits per heavy atom. The fraction of sp³-hybridized carbons (Fsp3) is 0. The van der Waals surface area contributed by atoms with Gasteiger partial charge in [0.05, 0.1) is 0 Å². The van der Waals surface area contributed by atoms with Gasteiger partial charge in [0.25, 0.3) is 0 Å². The molecule has 0 aromatic carbocycles. The maximum atomic E-state index is 7.21. The number of nitrogens with one attached hydrogen (secondary N) is 1. The third-order valence-corrected chi connectivity index (χ3v) is 2.23. The topological polar surface area (TPSA) is 79.5 Å². The molecule has 0 saturated carbocycles. The van der Waals surface area contributed by atoms with Crippen molar-refractivity contribution in [2.24, 2.45) is 0 Å². The summed E-state index contributed by atoms with van der Waals surface area (Å²) in [6.07, 6.45) is 7.16. The molecule has 3 rings (SSSR count). The minimum absolute atomic E-state index is 0. The molecule has 3 heterocycles. The van der Waals surface area contributed by atoms with E-state index in [1.807, 2.05) is 18.3 Å². The Morgan fingerprint density at radius 1 is 1.39 bits per heavy atom. The molecule has 0 fully saturated rings. The molecule has 87 valence electrons. The fourth-order valence-corrected chi connectivity index (χ4v) is 1.58. The Labute approximate surface area is 130 Å². The van der Waals surface area contributed by atoms with Gasteiger partial charge in [-0.25, -0.2) is 10.2 Å². The molecule has 0 unspecified atom stereocenters. The van der Waals surface area contributed by atoms with Crippen LogP contribution in [0.5, 0.6) is 0 Å². The monoisotopic (exact) mass is 312 g/mol. The molecule has 1 radical (unpaired) electrons. The Kier molecular flexibility index (Phi) is 5.57. The van der Waals surface area contributed by atoms with Crippen molar-refractivity contribution in [2.75, 3.05) is 0 Å². The van der Waals surface area contributed by atoms with Crippen LogP contribution in [-0.2, 0) is 32.7 Å². The van der Waals surface area contributed by atoms with Gasteiger partial charge in [-0.2, -0.15) is 6.20 Å². The molecule has 0 amide bonds. The van der Waals surface area contributed by atoms with Gasteiger partial charge in [-0.15, -0.1) is 6.07 Å². The molecule has 5 nitrogen and oxygen atoms in total. The van der Waals surface area contributed by atoms with Crippen LogP contribution in [-0.4, -0.2) is 15.1 Å². The smallest absolute Gasteiger partial charge is 0.137 e. The van der Waals surface area contributed by atoms with Crippen LogP contribution in [0.15, 0.2) is 36.9 Å². The van der Waals surface area contributed by atoms with E-state index in [-0.39, 0.29) is 32.7 Å². The number of rotatable bonds is 1.